The first-order valence-corrected chi connectivity index (χ1v) is 13.1. The first kappa shape index (κ1) is 25.0. The average molecular weight is 500 g/mol. The fourth-order valence-corrected chi connectivity index (χ4v) is 5.05. The molecule has 0 amide bonds. The summed E-state index contributed by atoms with van der Waals surface area (Å²) < 4.78 is 25.6. The second-order valence-corrected chi connectivity index (χ2v) is 9.45. The zero-order valence-corrected chi connectivity index (χ0v) is 21.5. The molecule has 5 nitrogen and oxygen atoms in total. The molecule has 37 heavy (non-hydrogen) atoms. The molecule has 0 bridgehead atoms. The number of piperidine rings is 1. The minimum Gasteiger partial charge on any atom is -0.493 e. The standard InChI is InChI=1S/C31H34FN3O2/c1-3-36-29-17-22(18-30(37-4-2)31(29)23-9-11-25(32)12-10-23)21-35-15-13-26(14-16-35)34-27-19-24-7-5-6-8-28(24)33-20-27/h5-12,17-20,26,34H,3-4,13-16,21H2,1-2H3. The number of hydrogen-bond acceptors (Lipinski definition) is 5. The minimum absolute atomic E-state index is 0.258. The minimum atomic E-state index is -0.258. The summed E-state index contributed by atoms with van der Waals surface area (Å²) in [6.45, 7) is 7.88. The topological polar surface area (TPSA) is 46.6 Å². The summed E-state index contributed by atoms with van der Waals surface area (Å²) in [5, 5.41) is 4.84. The van der Waals surface area contributed by atoms with Gasteiger partial charge in [0.15, 0.2) is 0 Å². The lowest BCUT2D eigenvalue weighted by atomic mass is 9.99. The summed E-state index contributed by atoms with van der Waals surface area (Å²) in [5.41, 5.74) is 5.01. The molecular formula is C31H34FN3O2. The highest BCUT2D eigenvalue weighted by molar-refractivity contribution is 5.81. The number of nitrogens with zero attached hydrogens (tertiary/aromatic N) is 2. The largest absolute Gasteiger partial charge is 0.493 e. The van der Waals surface area contributed by atoms with E-state index in [9.17, 15) is 4.39 Å². The quantitative estimate of drug-likeness (QED) is 0.271. The van der Waals surface area contributed by atoms with Crippen LogP contribution in [0.1, 0.15) is 32.3 Å². The maximum Gasteiger partial charge on any atom is 0.131 e. The molecule has 0 saturated carbocycles. The van der Waals surface area contributed by atoms with Gasteiger partial charge >= 0.3 is 0 Å². The Morgan fingerprint density at radius 3 is 2.27 bits per heavy atom. The second-order valence-electron chi connectivity index (χ2n) is 9.45. The summed E-state index contributed by atoms with van der Waals surface area (Å²) in [6.07, 6.45) is 4.07. The van der Waals surface area contributed by atoms with E-state index in [0.29, 0.717) is 19.3 Å². The number of fused-ring (bicyclic) bond motifs is 1. The number of ether oxygens (including phenoxy) is 2. The monoisotopic (exact) mass is 499 g/mol. The van der Waals surface area contributed by atoms with Crippen molar-refractivity contribution in [1.82, 2.24) is 9.88 Å². The molecule has 0 spiro atoms. The fourth-order valence-electron chi connectivity index (χ4n) is 5.05. The van der Waals surface area contributed by atoms with Crippen LogP contribution in [0.3, 0.4) is 0 Å². The third kappa shape index (κ3) is 6.03. The van der Waals surface area contributed by atoms with Crippen LogP contribution in [0, 0.1) is 5.82 Å². The van der Waals surface area contributed by atoms with E-state index >= 15 is 0 Å². The maximum absolute atomic E-state index is 13.6. The van der Waals surface area contributed by atoms with Gasteiger partial charge in [-0.3, -0.25) is 9.88 Å². The summed E-state index contributed by atoms with van der Waals surface area (Å²) in [7, 11) is 0. The van der Waals surface area contributed by atoms with Gasteiger partial charge in [-0.15, -0.1) is 0 Å². The Balaban J connectivity index is 1.27. The van der Waals surface area contributed by atoms with E-state index in [4.69, 9.17) is 9.47 Å². The van der Waals surface area contributed by atoms with Gasteiger partial charge in [0.05, 0.1) is 36.2 Å². The lowest BCUT2D eigenvalue weighted by Crippen LogP contribution is -2.38. The van der Waals surface area contributed by atoms with Gasteiger partial charge in [-0.2, -0.15) is 0 Å². The van der Waals surface area contributed by atoms with Crippen LogP contribution in [-0.2, 0) is 6.54 Å². The van der Waals surface area contributed by atoms with Gasteiger partial charge < -0.3 is 14.8 Å². The summed E-state index contributed by atoms with van der Waals surface area (Å²) in [5.74, 6) is 1.29. The molecule has 1 aliphatic heterocycles. The van der Waals surface area contributed by atoms with E-state index in [2.05, 4.69) is 39.5 Å². The van der Waals surface area contributed by atoms with E-state index in [1.165, 1.54) is 12.1 Å². The molecule has 1 aromatic heterocycles. The van der Waals surface area contributed by atoms with Crippen LogP contribution >= 0.6 is 0 Å². The number of benzene rings is 3. The Kier molecular flexibility index (Phi) is 7.85. The number of likely N-dealkylation sites (tertiary alicyclic amines) is 1. The van der Waals surface area contributed by atoms with Gasteiger partial charge in [0, 0.05) is 31.1 Å². The third-order valence-electron chi connectivity index (χ3n) is 6.81. The normalized spacial score (nSPS) is 14.6. The third-order valence-corrected chi connectivity index (χ3v) is 6.81. The van der Waals surface area contributed by atoms with Crippen molar-refractivity contribution in [2.75, 3.05) is 31.6 Å². The SMILES string of the molecule is CCOc1cc(CN2CCC(Nc3cnc4ccccc4c3)CC2)cc(OCC)c1-c1ccc(F)cc1. The fraction of sp³-hybridized carbons (Fsp3) is 0.323. The van der Waals surface area contributed by atoms with Crippen LogP contribution in [0.5, 0.6) is 11.5 Å². The molecule has 192 valence electrons. The number of pyridine rings is 1. The average Bonchev–Trinajstić information content (AvgIpc) is 2.91. The summed E-state index contributed by atoms with van der Waals surface area (Å²) in [4.78, 5) is 7.06. The molecule has 3 aromatic carbocycles. The van der Waals surface area contributed by atoms with E-state index in [1.54, 1.807) is 12.1 Å². The molecule has 1 saturated heterocycles. The van der Waals surface area contributed by atoms with Gasteiger partial charge in [-0.1, -0.05) is 30.3 Å². The van der Waals surface area contributed by atoms with Crippen molar-refractivity contribution in [3.05, 3.63) is 84.3 Å². The van der Waals surface area contributed by atoms with Gasteiger partial charge in [0.2, 0.25) is 0 Å². The second kappa shape index (κ2) is 11.6. The molecule has 0 radical (unpaired) electrons. The van der Waals surface area contributed by atoms with E-state index in [1.807, 2.05) is 38.2 Å². The number of para-hydroxylation sites is 1. The van der Waals surface area contributed by atoms with Crippen molar-refractivity contribution in [3.8, 4) is 22.6 Å². The predicted octanol–water partition coefficient (Wildman–Crippen LogP) is 6.91. The van der Waals surface area contributed by atoms with Crippen LogP contribution in [0.4, 0.5) is 10.1 Å². The number of halogens is 1. The van der Waals surface area contributed by atoms with Gasteiger partial charge in [-0.25, -0.2) is 4.39 Å². The van der Waals surface area contributed by atoms with Gasteiger partial charge in [0.1, 0.15) is 17.3 Å². The molecule has 1 fully saturated rings. The molecule has 0 unspecified atom stereocenters. The molecule has 1 N–H and O–H groups in total. The number of hydrogen-bond donors (Lipinski definition) is 1. The van der Waals surface area contributed by atoms with E-state index in [0.717, 1.165) is 77.3 Å². The molecule has 0 atom stereocenters. The molecule has 6 heteroatoms. The summed E-state index contributed by atoms with van der Waals surface area (Å²) in [6, 6.07) is 21.5. The van der Waals surface area contributed by atoms with Crippen LogP contribution in [0.25, 0.3) is 22.0 Å². The molecule has 2 heterocycles. The summed E-state index contributed by atoms with van der Waals surface area (Å²) >= 11 is 0. The Bertz CT molecular complexity index is 1310. The van der Waals surface area contributed by atoms with Crippen LogP contribution in [0.2, 0.25) is 0 Å². The zero-order chi connectivity index (χ0) is 25.6. The lowest BCUT2D eigenvalue weighted by Gasteiger charge is -2.33. The van der Waals surface area contributed by atoms with Crippen LogP contribution in [0.15, 0.2) is 72.9 Å². The smallest absolute Gasteiger partial charge is 0.131 e. The van der Waals surface area contributed by atoms with Crippen LogP contribution in [-0.4, -0.2) is 42.2 Å². The maximum atomic E-state index is 13.6. The van der Waals surface area contributed by atoms with Gasteiger partial charge in [-0.05, 0) is 74.2 Å². The van der Waals surface area contributed by atoms with Crippen molar-refractivity contribution < 1.29 is 13.9 Å². The highest BCUT2D eigenvalue weighted by Crippen LogP contribution is 2.40. The van der Waals surface area contributed by atoms with E-state index < -0.39 is 0 Å². The Labute approximate surface area is 218 Å². The van der Waals surface area contributed by atoms with Crippen molar-refractivity contribution in [2.24, 2.45) is 0 Å². The van der Waals surface area contributed by atoms with Gasteiger partial charge in [0.25, 0.3) is 0 Å². The molecular weight excluding hydrogens is 465 g/mol. The number of rotatable bonds is 9. The Hall–Kier alpha value is -3.64. The first-order chi connectivity index (χ1) is 18.1. The molecule has 4 aromatic rings. The van der Waals surface area contributed by atoms with Crippen molar-refractivity contribution in [2.45, 2.75) is 39.3 Å². The molecule has 0 aliphatic carbocycles. The number of aromatic nitrogens is 1. The Morgan fingerprint density at radius 1 is 0.919 bits per heavy atom. The molecule has 1 aliphatic rings. The number of anilines is 1. The first-order valence-electron chi connectivity index (χ1n) is 13.1. The molecule has 5 rings (SSSR count). The Morgan fingerprint density at radius 2 is 1.59 bits per heavy atom. The van der Waals surface area contributed by atoms with E-state index in [-0.39, 0.29) is 5.82 Å². The lowest BCUT2D eigenvalue weighted by molar-refractivity contribution is 0.210. The zero-order valence-electron chi connectivity index (χ0n) is 21.5. The number of nitrogens with one attached hydrogen (secondary N) is 1. The predicted molar refractivity (Wildman–Crippen MR) is 148 cm³/mol. The van der Waals surface area contributed by atoms with Crippen molar-refractivity contribution in [3.63, 3.8) is 0 Å². The highest BCUT2D eigenvalue weighted by Gasteiger charge is 2.21. The van der Waals surface area contributed by atoms with Crippen molar-refractivity contribution in [1.29, 1.82) is 0 Å². The van der Waals surface area contributed by atoms with Crippen LogP contribution < -0.4 is 14.8 Å². The van der Waals surface area contributed by atoms with Crippen molar-refractivity contribution >= 4 is 16.6 Å². The highest BCUT2D eigenvalue weighted by atomic mass is 19.1.